The van der Waals surface area contributed by atoms with Crippen molar-refractivity contribution in [1.29, 1.82) is 0 Å². The number of Topliss-reactive ketones (excluding diaryl/α,β-unsaturated/α-hetero) is 1. The van der Waals surface area contributed by atoms with E-state index < -0.39 is 0 Å². The summed E-state index contributed by atoms with van der Waals surface area (Å²) < 4.78 is 15.9. The summed E-state index contributed by atoms with van der Waals surface area (Å²) in [6.07, 6.45) is 5.57. The Labute approximate surface area is 120 Å². The molecule has 0 bridgehead atoms. The summed E-state index contributed by atoms with van der Waals surface area (Å²) in [6, 6.07) is 5.29. The maximum absolute atomic E-state index is 12.1. The van der Waals surface area contributed by atoms with Crippen molar-refractivity contribution in [2.45, 2.75) is 32.1 Å². The van der Waals surface area contributed by atoms with Crippen molar-refractivity contribution >= 4 is 5.78 Å². The van der Waals surface area contributed by atoms with Crippen LogP contribution in [0.25, 0.3) is 0 Å². The minimum Gasteiger partial charge on any atom is -0.496 e. The molecule has 1 aromatic carbocycles. The summed E-state index contributed by atoms with van der Waals surface area (Å²) in [5.41, 5.74) is 0. The monoisotopic (exact) mass is 278 g/mol. The van der Waals surface area contributed by atoms with Gasteiger partial charge in [-0.2, -0.15) is 0 Å². The van der Waals surface area contributed by atoms with Crippen molar-refractivity contribution < 1.29 is 19.0 Å². The van der Waals surface area contributed by atoms with E-state index in [1.54, 1.807) is 32.4 Å². The molecule has 0 aliphatic heterocycles. The zero-order valence-electron chi connectivity index (χ0n) is 12.2. The van der Waals surface area contributed by atoms with E-state index in [1.165, 1.54) is 6.42 Å². The average Bonchev–Trinajstić information content (AvgIpc) is 2.53. The van der Waals surface area contributed by atoms with Crippen LogP contribution in [0.2, 0.25) is 0 Å². The molecule has 0 aromatic heterocycles. The first-order valence-corrected chi connectivity index (χ1v) is 7.11. The van der Waals surface area contributed by atoms with E-state index in [0.29, 0.717) is 17.2 Å². The van der Waals surface area contributed by atoms with Crippen LogP contribution in [0.15, 0.2) is 18.2 Å². The molecule has 4 nitrogen and oxygen atoms in total. The Hall–Kier alpha value is -1.71. The molecule has 0 atom stereocenters. The van der Waals surface area contributed by atoms with Crippen LogP contribution in [-0.2, 0) is 4.79 Å². The number of rotatable bonds is 6. The van der Waals surface area contributed by atoms with Crippen LogP contribution in [0.4, 0.5) is 0 Å². The van der Waals surface area contributed by atoms with Gasteiger partial charge in [0.2, 0.25) is 0 Å². The fourth-order valence-corrected chi connectivity index (χ4v) is 2.56. The van der Waals surface area contributed by atoms with Gasteiger partial charge in [0.15, 0.2) is 5.78 Å². The highest BCUT2D eigenvalue weighted by molar-refractivity contribution is 5.82. The largest absolute Gasteiger partial charge is 0.496 e. The number of carbonyl (C=O) groups is 1. The van der Waals surface area contributed by atoms with E-state index in [0.717, 1.165) is 25.7 Å². The Morgan fingerprint density at radius 3 is 2.10 bits per heavy atom. The molecule has 0 spiro atoms. The third-order valence-corrected chi connectivity index (χ3v) is 3.77. The molecule has 0 N–H and O–H groups in total. The molecule has 1 fully saturated rings. The Balaban J connectivity index is 1.94. The molecule has 0 saturated heterocycles. The number of benzene rings is 1. The highest BCUT2D eigenvalue weighted by atomic mass is 16.5. The Morgan fingerprint density at radius 2 is 1.55 bits per heavy atom. The number of ketones is 1. The highest BCUT2D eigenvalue weighted by Gasteiger charge is 2.21. The van der Waals surface area contributed by atoms with Crippen LogP contribution in [0.3, 0.4) is 0 Å². The van der Waals surface area contributed by atoms with E-state index in [4.69, 9.17) is 14.2 Å². The first kappa shape index (κ1) is 14.7. The molecular weight excluding hydrogens is 256 g/mol. The maximum Gasteiger partial charge on any atom is 0.173 e. The third kappa shape index (κ3) is 3.89. The predicted molar refractivity (Wildman–Crippen MR) is 76.6 cm³/mol. The summed E-state index contributed by atoms with van der Waals surface area (Å²) in [6.45, 7) is 0.126. The number of hydrogen-bond donors (Lipinski definition) is 0. The summed E-state index contributed by atoms with van der Waals surface area (Å²) in [4.78, 5) is 12.1. The van der Waals surface area contributed by atoms with Crippen molar-refractivity contribution in [2.75, 3.05) is 20.8 Å². The lowest BCUT2D eigenvalue weighted by molar-refractivity contribution is -0.125. The van der Waals surface area contributed by atoms with Crippen LogP contribution >= 0.6 is 0 Å². The van der Waals surface area contributed by atoms with Crippen LogP contribution in [-0.4, -0.2) is 26.6 Å². The third-order valence-electron chi connectivity index (χ3n) is 3.77. The first-order valence-electron chi connectivity index (χ1n) is 7.11. The van der Waals surface area contributed by atoms with Crippen molar-refractivity contribution in [1.82, 2.24) is 0 Å². The minimum absolute atomic E-state index is 0.126. The standard InChI is InChI=1S/C16H22O4/c1-18-13-8-14(19-2)10-15(9-13)20-11-16(17)12-6-4-3-5-7-12/h8-10,12H,3-7,11H2,1-2H3. The lowest BCUT2D eigenvalue weighted by Crippen LogP contribution is -2.23. The van der Waals surface area contributed by atoms with Crippen LogP contribution in [0, 0.1) is 5.92 Å². The molecule has 0 radical (unpaired) electrons. The van der Waals surface area contributed by atoms with Gasteiger partial charge in [0.05, 0.1) is 14.2 Å². The quantitative estimate of drug-likeness (QED) is 0.801. The molecule has 110 valence electrons. The van der Waals surface area contributed by atoms with Crippen molar-refractivity contribution in [2.24, 2.45) is 5.92 Å². The van der Waals surface area contributed by atoms with Gasteiger partial charge in [0.1, 0.15) is 23.9 Å². The summed E-state index contributed by atoms with van der Waals surface area (Å²) in [7, 11) is 3.18. The fraction of sp³-hybridized carbons (Fsp3) is 0.562. The Bertz CT molecular complexity index is 428. The molecule has 0 unspecified atom stereocenters. The van der Waals surface area contributed by atoms with Gasteiger partial charge in [-0.15, -0.1) is 0 Å². The molecule has 20 heavy (non-hydrogen) atoms. The van der Waals surface area contributed by atoms with E-state index in [1.807, 2.05) is 0 Å². The normalized spacial score (nSPS) is 15.7. The van der Waals surface area contributed by atoms with Crippen LogP contribution in [0.5, 0.6) is 17.2 Å². The number of methoxy groups -OCH3 is 2. The lowest BCUT2D eigenvalue weighted by Gasteiger charge is -2.20. The zero-order chi connectivity index (χ0) is 14.4. The second kappa shape index (κ2) is 7.17. The first-order chi connectivity index (χ1) is 9.72. The molecule has 1 saturated carbocycles. The molecule has 0 heterocycles. The van der Waals surface area contributed by atoms with E-state index in [9.17, 15) is 4.79 Å². The zero-order valence-corrected chi connectivity index (χ0v) is 12.2. The highest BCUT2D eigenvalue weighted by Crippen LogP contribution is 2.28. The van der Waals surface area contributed by atoms with Crippen molar-refractivity contribution in [3.63, 3.8) is 0 Å². The fourth-order valence-electron chi connectivity index (χ4n) is 2.56. The van der Waals surface area contributed by atoms with Gasteiger partial charge in [-0.1, -0.05) is 19.3 Å². The number of ether oxygens (including phenoxy) is 3. The van der Waals surface area contributed by atoms with Gasteiger partial charge < -0.3 is 14.2 Å². The second-order valence-corrected chi connectivity index (χ2v) is 5.14. The topological polar surface area (TPSA) is 44.8 Å². The van der Waals surface area contributed by atoms with E-state index >= 15 is 0 Å². The van der Waals surface area contributed by atoms with Crippen molar-refractivity contribution in [3.05, 3.63) is 18.2 Å². The van der Waals surface area contributed by atoms with Gasteiger partial charge in [0.25, 0.3) is 0 Å². The Morgan fingerprint density at radius 1 is 1.00 bits per heavy atom. The minimum atomic E-state index is 0.126. The Kier molecular flexibility index (Phi) is 5.27. The molecule has 2 rings (SSSR count). The molecule has 0 amide bonds. The van der Waals surface area contributed by atoms with Gasteiger partial charge in [0, 0.05) is 24.1 Å². The molecule has 1 aromatic rings. The second-order valence-electron chi connectivity index (χ2n) is 5.14. The molecule has 1 aliphatic carbocycles. The summed E-state index contributed by atoms with van der Waals surface area (Å²) >= 11 is 0. The molecule has 1 aliphatic rings. The van der Waals surface area contributed by atoms with Gasteiger partial charge in [-0.3, -0.25) is 4.79 Å². The van der Waals surface area contributed by atoms with Crippen LogP contribution < -0.4 is 14.2 Å². The molecule has 4 heteroatoms. The molecular formula is C16H22O4. The summed E-state index contributed by atoms with van der Waals surface area (Å²) in [5, 5.41) is 0. The average molecular weight is 278 g/mol. The maximum atomic E-state index is 12.1. The SMILES string of the molecule is COc1cc(OC)cc(OCC(=O)C2CCCCC2)c1. The van der Waals surface area contributed by atoms with E-state index in [-0.39, 0.29) is 18.3 Å². The lowest BCUT2D eigenvalue weighted by atomic mass is 9.86. The smallest absolute Gasteiger partial charge is 0.173 e. The van der Waals surface area contributed by atoms with Gasteiger partial charge in [-0.25, -0.2) is 0 Å². The number of hydrogen-bond acceptors (Lipinski definition) is 4. The van der Waals surface area contributed by atoms with Crippen molar-refractivity contribution in [3.8, 4) is 17.2 Å². The number of carbonyl (C=O) groups excluding carboxylic acids is 1. The predicted octanol–water partition coefficient (Wildman–Crippen LogP) is 3.23. The summed E-state index contributed by atoms with van der Waals surface area (Å²) in [5.74, 6) is 2.29. The van der Waals surface area contributed by atoms with Crippen LogP contribution in [0.1, 0.15) is 32.1 Å². The van der Waals surface area contributed by atoms with Gasteiger partial charge in [-0.05, 0) is 12.8 Å². The van der Waals surface area contributed by atoms with E-state index in [2.05, 4.69) is 0 Å². The van der Waals surface area contributed by atoms with Gasteiger partial charge >= 0.3 is 0 Å².